The highest BCUT2D eigenvalue weighted by atomic mass is 16.5. The lowest BCUT2D eigenvalue weighted by molar-refractivity contribution is 0.0472. The van der Waals surface area contributed by atoms with Crippen LogP contribution in [0, 0.1) is 0 Å². The molecule has 46 heavy (non-hydrogen) atoms. The van der Waals surface area contributed by atoms with E-state index < -0.39 is 12.2 Å². The van der Waals surface area contributed by atoms with Gasteiger partial charge in [0.15, 0.2) is 0 Å². The van der Waals surface area contributed by atoms with Crippen LogP contribution in [0.3, 0.4) is 0 Å². The molecule has 2 saturated heterocycles. The summed E-state index contributed by atoms with van der Waals surface area (Å²) < 4.78 is 11.7. The van der Waals surface area contributed by atoms with Gasteiger partial charge in [0.2, 0.25) is 0 Å². The summed E-state index contributed by atoms with van der Waals surface area (Å²) in [4.78, 5) is 9.49. The Labute approximate surface area is 274 Å². The maximum Gasteiger partial charge on any atom is 0.119 e. The largest absolute Gasteiger partial charge is 0.491 e. The summed E-state index contributed by atoms with van der Waals surface area (Å²) in [6.45, 7) is 11.3. The SMILES string of the molecule is O[C@H](COc1ccc(OC[C@H](O)CN2CCN(C/C=C/c3ccccc3)CC2)cc1)CN1CCN(C/C=C\c2ccccc2)CC1. The number of rotatable bonds is 16. The van der Waals surface area contributed by atoms with E-state index in [9.17, 15) is 10.2 Å². The molecule has 2 heterocycles. The molecule has 2 N–H and O–H groups in total. The van der Waals surface area contributed by atoms with Crippen molar-refractivity contribution in [2.45, 2.75) is 12.2 Å². The molecule has 3 aromatic carbocycles. The molecule has 2 fully saturated rings. The van der Waals surface area contributed by atoms with Gasteiger partial charge in [0, 0.05) is 78.5 Å². The number of ether oxygens (including phenoxy) is 2. The van der Waals surface area contributed by atoms with Gasteiger partial charge in [0.25, 0.3) is 0 Å². The molecular formula is C38H50N4O4. The fraction of sp³-hybridized carbons (Fsp3) is 0.421. The second kappa shape index (κ2) is 18.6. The van der Waals surface area contributed by atoms with E-state index in [0.717, 1.165) is 65.4 Å². The van der Waals surface area contributed by atoms with Crippen LogP contribution in [-0.4, -0.2) is 134 Å². The summed E-state index contributed by atoms with van der Waals surface area (Å²) in [5.74, 6) is 1.39. The minimum atomic E-state index is -0.553. The molecule has 0 amide bonds. The Morgan fingerprint density at radius 3 is 1.22 bits per heavy atom. The minimum Gasteiger partial charge on any atom is -0.491 e. The summed E-state index contributed by atoms with van der Waals surface area (Å²) in [6, 6.07) is 28.2. The molecule has 246 valence electrons. The predicted molar refractivity (Wildman–Crippen MR) is 186 cm³/mol. The molecule has 2 atom stereocenters. The zero-order chi connectivity index (χ0) is 31.8. The third-order valence-electron chi connectivity index (χ3n) is 8.52. The van der Waals surface area contributed by atoms with Crippen molar-refractivity contribution in [1.29, 1.82) is 0 Å². The van der Waals surface area contributed by atoms with E-state index in [1.165, 1.54) is 11.1 Å². The maximum atomic E-state index is 10.6. The van der Waals surface area contributed by atoms with Gasteiger partial charge >= 0.3 is 0 Å². The monoisotopic (exact) mass is 626 g/mol. The van der Waals surface area contributed by atoms with Crippen LogP contribution in [0.5, 0.6) is 11.5 Å². The van der Waals surface area contributed by atoms with Crippen LogP contribution < -0.4 is 9.47 Å². The van der Waals surface area contributed by atoms with Gasteiger partial charge in [-0.3, -0.25) is 19.6 Å². The van der Waals surface area contributed by atoms with Crippen LogP contribution in [0.1, 0.15) is 11.1 Å². The van der Waals surface area contributed by atoms with Gasteiger partial charge in [0.1, 0.15) is 36.9 Å². The summed E-state index contributed by atoms with van der Waals surface area (Å²) in [5.41, 5.74) is 2.45. The van der Waals surface area contributed by atoms with Gasteiger partial charge < -0.3 is 19.7 Å². The number of β-amino-alcohol motifs (C(OH)–C–C–N with tert-alkyl or cyclic N) is 2. The first-order valence-electron chi connectivity index (χ1n) is 16.6. The molecule has 2 aliphatic rings. The van der Waals surface area contributed by atoms with E-state index >= 15 is 0 Å². The summed E-state index contributed by atoms with van der Waals surface area (Å²) in [5, 5.41) is 21.1. The van der Waals surface area contributed by atoms with E-state index in [2.05, 4.69) is 92.4 Å². The van der Waals surface area contributed by atoms with E-state index in [0.29, 0.717) is 24.6 Å². The average Bonchev–Trinajstić information content (AvgIpc) is 3.09. The zero-order valence-corrected chi connectivity index (χ0v) is 26.9. The predicted octanol–water partition coefficient (Wildman–Crippen LogP) is 3.83. The van der Waals surface area contributed by atoms with Crippen molar-refractivity contribution < 1.29 is 19.7 Å². The van der Waals surface area contributed by atoms with Crippen LogP contribution in [0.4, 0.5) is 0 Å². The normalized spacial score (nSPS) is 18.7. The molecule has 0 radical (unpaired) electrons. The van der Waals surface area contributed by atoms with Crippen molar-refractivity contribution in [3.8, 4) is 11.5 Å². The summed E-state index contributed by atoms with van der Waals surface area (Å²) >= 11 is 0. The van der Waals surface area contributed by atoms with Crippen LogP contribution in [0.25, 0.3) is 12.2 Å². The number of benzene rings is 3. The van der Waals surface area contributed by atoms with E-state index in [1.54, 1.807) is 0 Å². The second-order valence-corrected chi connectivity index (χ2v) is 12.2. The highest BCUT2D eigenvalue weighted by Crippen LogP contribution is 2.18. The molecule has 0 unspecified atom stereocenters. The third-order valence-corrected chi connectivity index (χ3v) is 8.52. The molecule has 8 heteroatoms. The maximum absolute atomic E-state index is 10.6. The van der Waals surface area contributed by atoms with Gasteiger partial charge in [-0.25, -0.2) is 0 Å². The molecule has 0 spiro atoms. The molecular weight excluding hydrogens is 576 g/mol. The van der Waals surface area contributed by atoms with Crippen LogP contribution in [0.15, 0.2) is 97.1 Å². The number of nitrogens with zero attached hydrogens (tertiary/aromatic N) is 4. The minimum absolute atomic E-state index is 0.246. The van der Waals surface area contributed by atoms with Crippen LogP contribution in [-0.2, 0) is 0 Å². The number of aliphatic hydroxyl groups is 2. The van der Waals surface area contributed by atoms with Crippen molar-refractivity contribution >= 4 is 12.2 Å². The first-order chi connectivity index (χ1) is 22.6. The summed E-state index contributed by atoms with van der Waals surface area (Å²) in [6.07, 6.45) is 7.69. The highest BCUT2D eigenvalue weighted by Gasteiger charge is 2.20. The second-order valence-electron chi connectivity index (χ2n) is 12.2. The quantitative estimate of drug-likeness (QED) is 0.249. The topological polar surface area (TPSA) is 71.9 Å². The van der Waals surface area contributed by atoms with Gasteiger partial charge in [-0.2, -0.15) is 0 Å². The standard InChI is InChI=1S/C38H50N4O4/c43-35(29-41-25-21-39(22-26-41)19-7-13-33-9-3-1-4-10-33)31-45-37-15-17-38(18-16-37)46-32-36(44)30-42-27-23-40(24-28-42)20-8-14-34-11-5-2-6-12-34/h1-18,35-36,43-44H,19-32H2/b13-7-,14-8+/t35-,36+/m0/s1. The van der Waals surface area contributed by atoms with Gasteiger partial charge in [-0.1, -0.05) is 85.0 Å². The Balaban J connectivity index is 0.906. The molecule has 0 saturated carbocycles. The molecule has 0 aromatic heterocycles. The van der Waals surface area contributed by atoms with Crippen molar-refractivity contribution in [3.63, 3.8) is 0 Å². The molecule has 8 nitrogen and oxygen atoms in total. The first kappa shape index (κ1) is 33.9. The van der Waals surface area contributed by atoms with Crippen LogP contribution in [0.2, 0.25) is 0 Å². The molecule has 5 rings (SSSR count). The Bertz CT molecular complexity index is 1200. The Kier molecular flexibility index (Phi) is 13.7. The lowest BCUT2D eigenvalue weighted by Crippen LogP contribution is -2.49. The van der Waals surface area contributed by atoms with Crippen molar-refractivity contribution in [2.24, 2.45) is 0 Å². The number of aliphatic hydroxyl groups excluding tert-OH is 2. The fourth-order valence-corrected chi connectivity index (χ4v) is 5.83. The van der Waals surface area contributed by atoms with Gasteiger partial charge in [-0.15, -0.1) is 0 Å². The smallest absolute Gasteiger partial charge is 0.119 e. The molecule has 3 aromatic rings. The number of hydrogen-bond donors (Lipinski definition) is 2. The van der Waals surface area contributed by atoms with Gasteiger partial charge in [0.05, 0.1) is 0 Å². The third kappa shape index (κ3) is 12.0. The van der Waals surface area contributed by atoms with Crippen molar-refractivity contribution in [3.05, 3.63) is 108 Å². The lowest BCUT2D eigenvalue weighted by atomic mass is 10.2. The first-order valence-corrected chi connectivity index (χ1v) is 16.6. The number of hydrogen-bond acceptors (Lipinski definition) is 8. The summed E-state index contributed by atoms with van der Waals surface area (Å²) in [7, 11) is 0. The molecule has 0 aliphatic carbocycles. The molecule has 2 aliphatic heterocycles. The van der Waals surface area contributed by atoms with E-state index in [4.69, 9.17) is 9.47 Å². The average molecular weight is 627 g/mol. The highest BCUT2D eigenvalue weighted by molar-refractivity contribution is 5.49. The van der Waals surface area contributed by atoms with E-state index in [1.807, 2.05) is 36.4 Å². The lowest BCUT2D eigenvalue weighted by Gasteiger charge is -2.35. The molecule has 0 bridgehead atoms. The van der Waals surface area contributed by atoms with Crippen LogP contribution >= 0.6 is 0 Å². The number of piperazine rings is 2. The van der Waals surface area contributed by atoms with Crippen molar-refractivity contribution in [1.82, 2.24) is 19.6 Å². The Morgan fingerprint density at radius 2 is 0.848 bits per heavy atom. The van der Waals surface area contributed by atoms with Gasteiger partial charge in [-0.05, 0) is 35.4 Å². The Hall–Kier alpha value is -3.50. The Morgan fingerprint density at radius 1 is 0.500 bits per heavy atom. The zero-order valence-electron chi connectivity index (χ0n) is 26.9. The fourth-order valence-electron chi connectivity index (χ4n) is 5.83. The van der Waals surface area contributed by atoms with Crippen molar-refractivity contribution in [2.75, 3.05) is 91.8 Å². The van der Waals surface area contributed by atoms with E-state index in [-0.39, 0.29) is 13.2 Å².